The van der Waals surface area contributed by atoms with E-state index in [4.69, 9.17) is 18.9 Å². The zero-order valence-corrected chi connectivity index (χ0v) is 17.2. The van der Waals surface area contributed by atoms with Crippen LogP contribution in [0.3, 0.4) is 0 Å². The Morgan fingerprint density at radius 1 is 0.968 bits per heavy atom. The van der Waals surface area contributed by atoms with Crippen LogP contribution >= 0.6 is 0 Å². The second-order valence-electron chi connectivity index (χ2n) is 8.33. The summed E-state index contributed by atoms with van der Waals surface area (Å²) in [6, 6.07) is 19.1. The summed E-state index contributed by atoms with van der Waals surface area (Å²) in [5.74, 6) is -4.73. The molecule has 162 valence electrons. The number of benzene rings is 2. The van der Waals surface area contributed by atoms with Crippen LogP contribution in [0.1, 0.15) is 36.7 Å². The summed E-state index contributed by atoms with van der Waals surface area (Å²) in [6.07, 6.45) is -1.71. The quantitative estimate of drug-likeness (QED) is 0.695. The first-order valence-corrected chi connectivity index (χ1v) is 10.3. The van der Waals surface area contributed by atoms with Crippen LogP contribution in [-0.4, -0.2) is 36.6 Å². The topological polar surface area (TPSA) is 71.1 Å². The highest BCUT2D eigenvalue weighted by Crippen LogP contribution is 2.73. The van der Waals surface area contributed by atoms with E-state index in [9.17, 15) is 9.59 Å². The number of hydrogen-bond acceptors (Lipinski definition) is 6. The van der Waals surface area contributed by atoms with E-state index in [1.807, 2.05) is 60.7 Å². The lowest BCUT2D eigenvalue weighted by Gasteiger charge is -2.29. The molecule has 1 saturated heterocycles. The van der Waals surface area contributed by atoms with Gasteiger partial charge in [0.15, 0.2) is 5.79 Å². The van der Waals surface area contributed by atoms with E-state index in [2.05, 4.69) is 0 Å². The van der Waals surface area contributed by atoms with E-state index in [0.717, 1.165) is 18.2 Å². The van der Waals surface area contributed by atoms with Gasteiger partial charge in [0.1, 0.15) is 18.3 Å². The average Bonchev–Trinajstić information content (AvgIpc) is 3.10. The molecule has 2 aromatic carbocycles. The molecule has 2 saturated carbocycles. The lowest BCUT2D eigenvalue weighted by Crippen LogP contribution is -2.42. The molecule has 5 rings (SSSR count). The summed E-state index contributed by atoms with van der Waals surface area (Å²) < 4.78 is 38.9. The van der Waals surface area contributed by atoms with Crippen molar-refractivity contribution >= 4 is 11.9 Å². The van der Waals surface area contributed by atoms with Crippen molar-refractivity contribution < 1.29 is 32.9 Å². The number of rotatable bonds is 4. The van der Waals surface area contributed by atoms with E-state index in [1.54, 1.807) is 0 Å². The van der Waals surface area contributed by atoms with E-state index >= 15 is 4.39 Å². The average molecular weight is 426 g/mol. The third kappa shape index (κ3) is 2.98. The van der Waals surface area contributed by atoms with Crippen LogP contribution < -0.4 is 0 Å². The van der Waals surface area contributed by atoms with Gasteiger partial charge in [-0.15, -0.1) is 0 Å². The Morgan fingerprint density at radius 2 is 1.48 bits per heavy atom. The van der Waals surface area contributed by atoms with E-state index in [0.29, 0.717) is 0 Å². The number of esters is 2. The molecule has 2 aliphatic carbocycles. The van der Waals surface area contributed by atoms with Crippen molar-refractivity contribution in [2.75, 3.05) is 7.11 Å². The Kier molecular flexibility index (Phi) is 4.64. The molecule has 1 aliphatic heterocycles. The smallest absolute Gasteiger partial charge is 0.344 e. The second-order valence-corrected chi connectivity index (χ2v) is 8.33. The van der Waals surface area contributed by atoms with E-state index in [1.165, 1.54) is 6.92 Å². The molecule has 3 fully saturated rings. The summed E-state index contributed by atoms with van der Waals surface area (Å²) in [5, 5.41) is 0. The number of fused-ring (bicyclic) bond motifs is 2. The van der Waals surface area contributed by atoms with Crippen LogP contribution in [-0.2, 0) is 28.5 Å². The van der Waals surface area contributed by atoms with Crippen LogP contribution in [0.15, 0.2) is 60.7 Å². The SMILES string of the molecule is COC(=O)[C@]1(F)[C@H]2[C@H](OC(C)=O)CC3(O[C@@H](c4ccccc4)[C@H](c4ccccc4)O3)[C@H]21. The highest BCUT2D eigenvalue weighted by molar-refractivity contribution is 5.85. The zero-order valence-electron chi connectivity index (χ0n) is 17.2. The minimum Gasteiger partial charge on any atom is -0.467 e. The number of methoxy groups -OCH3 is 1. The first kappa shape index (κ1) is 20.2. The lowest BCUT2D eigenvalue weighted by atomic mass is 9.99. The minimum atomic E-state index is -2.32. The molecule has 7 heteroatoms. The van der Waals surface area contributed by atoms with Gasteiger partial charge in [0.2, 0.25) is 5.67 Å². The molecule has 0 radical (unpaired) electrons. The van der Waals surface area contributed by atoms with Crippen molar-refractivity contribution in [1.82, 2.24) is 0 Å². The predicted molar refractivity (Wildman–Crippen MR) is 106 cm³/mol. The second kappa shape index (κ2) is 7.14. The molecule has 2 aromatic rings. The molecule has 0 unspecified atom stereocenters. The fourth-order valence-electron chi connectivity index (χ4n) is 5.34. The van der Waals surface area contributed by atoms with Crippen molar-refractivity contribution in [3.63, 3.8) is 0 Å². The van der Waals surface area contributed by atoms with Gasteiger partial charge >= 0.3 is 11.9 Å². The normalized spacial score (nSPS) is 34.9. The van der Waals surface area contributed by atoms with Gasteiger partial charge in [-0.2, -0.15) is 0 Å². The van der Waals surface area contributed by atoms with Crippen LogP contribution in [0.5, 0.6) is 0 Å². The van der Waals surface area contributed by atoms with Gasteiger partial charge in [-0.1, -0.05) is 60.7 Å². The summed E-state index contributed by atoms with van der Waals surface area (Å²) >= 11 is 0. The maximum absolute atomic E-state index is 15.8. The molecular weight excluding hydrogens is 403 g/mol. The Bertz CT molecular complexity index is 948. The molecule has 3 aliphatic rings. The molecule has 0 bridgehead atoms. The maximum atomic E-state index is 15.8. The Balaban J connectivity index is 1.55. The largest absolute Gasteiger partial charge is 0.467 e. The number of hydrogen-bond donors (Lipinski definition) is 0. The van der Waals surface area contributed by atoms with Crippen LogP contribution in [0.4, 0.5) is 4.39 Å². The van der Waals surface area contributed by atoms with Gasteiger partial charge in [0.05, 0.1) is 18.9 Å². The van der Waals surface area contributed by atoms with Crippen molar-refractivity contribution in [1.29, 1.82) is 0 Å². The monoisotopic (exact) mass is 426 g/mol. The first-order chi connectivity index (χ1) is 14.9. The molecule has 1 heterocycles. The summed E-state index contributed by atoms with van der Waals surface area (Å²) in [7, 11) is 1.14. The van der Waals surface area contributed by atoms with Gasteiger partial charge in [-0.25, -0.2) is 9.18 Å². The number of carbonyl (C=O) groups excluding carboxylic acids is 2. The van der Waals surface area contributed by atoms with Crippen molar-refractivity contribution in [2.45, 2.75) is 43.1 Å². The summed E-state index contributed by atoms with van der Waals surface area (Å²) in [4.78, 5) is 24.0. The lowest BCUT2D eigenvalue weighted by molar-refractivity contribution is -0.209. The Hall–Kier alpha value is -2.77. The van der Waals surface area contributed by atoms with E-state index < -0.39 is 53.5 Å². The first-order valence-electron chi connectivity index (χ1n) is 10.3. The molecule has 6 nitrogen and oxygen atoms in total. The predicted octanol–water partition coefficient (Wildman–Crippen LogP) is 3.67. The molecule has 31 heavy (non-hydrogen) atoms. The van der Waals surface area contributed by atoms with Gasteiger partial charge in [0, 0.05) is 13.3 Å². The van der Waals surface area contributed by atoms with Gasteiger partial charge < -0.3 is 18.9 Å². The van der Waals surface area contributed by atoms with Crippen molar-refractivity contribution in [3.05, 3.63) is 71.8 Å². The van der Waals surface area contributed by atoms with Crippen LogP contribution in [0.2, 0.25) is 0 Å². The minimum absolute atomic E-state index is 0.150. The third-order valence-electron chi connectivity index (χ3n) is 6.55. The standard InChI is InChI=1S/C24H23FO6/c1-14(26)29-17-13-23(21-18(17)24(21,25)22(27)28-2)30-19(15-9-5-3-6-10-15)20(31-23)16-11-7-4-8-12-16/h3-12,17-21H,13H2,1-2H3/t17-,18+,19+,20+,21+,24+/m1/s1. The molecule has 0 aromatic heterocycles. The van der Waals surface area contributed by atoms with Crippen molar-refractivity contribution in [2.24, 2.45) is 11.8 Å². The van der Waals surface area contributed by atoms with E-state index in [-0.39, 0.29) is 6.42 Å². The third-order valence-corrected chi connectivity index (χ3v) is 6.55. The fraction of sp³-hybridized carbons (Fsp3) is 0.417. The highest BCUT2D eigenvalue weighted by atomic mass is 19.1. The summed E-state index contributed by atoms with van der Waals surface area (Å²) in [5.41, 5.74) is -0.562. The molecule has 1 spiro atoms. The fourth-order valence-corrected chi connectivity index (χ4v) is 5.34. The Morgan fingerprint density at radius 3 is 1.94 bits per heavy atom. The van der Waals surface area contributed by atoms with Crippen molar-refractivity contribution in [3.8, 4) is 0 Å². The van der Waals surface area contributed by atoms with Gasteiger partial charge in [-0.05, 0) is 11.1 Å². The number of alkyl halides is 1. The number of carbonyl (C=O) groups is 2. The van der Waals surface area contributed by atoms with Crippen LogP contribution in [0, 0.1) is 11.8 Å². The number of halogens is 1. The molecular formula is C24H23FO6. The Labute approximate surface area is 179 Å². The summed E-state index contributed by atoms with van der Waals surface area (Å²) in [6.45, 7) is 1.26. The highest BCUT2D eigenvalue weighted by Gasteiger charge is 2.88. The molecule has 6 atom stereocenters. The van der Waals surface area contributed by atoms with Crippen LogP contribution in [0.25, 0.3) is 0 Å². The van der Waals surface area contributed by atoms with Gasteiger partial charge in [0.25, 0.3) is 0 Å². The zero-order chi connectivity index (χ0) is 21.8. The molecule has 0 amide bonds. The number of ether oxygens (including phenoxy) is 4. The van der Waals surface area contributed by atoms with Gasteiger partial charge in [-0.3, -0.25) is 4.79 Å². The maximum Gasteiger partial charge on any atom is 0.344 e. The molecule has 0 N–H and O–H groups in total.